The zero-order chi connectivity index (χ0) is 40.7. The van der Waals surface area contributed by atoms with Gasteiger partial charge in [0.15, 0.2) is 0 Å². The molecule has 3 N–H and O–H groups in total. The maximum atomic E-state index is 12.9. The third-order valence-corrected chi connectivity index (χ3v) is 12.1. The van der Waals surface area contributed by atoms with Crippen molar-refractivity contribution in [1.29, 1.82) is 0 Å². The molecule has 3 atom stereocenters. The number of phosphoric ester groups is 1. The Balaban J connectivity index is 4.27. The smallest absolute Gasteiger partial charge is 0.391 e. The molecule has 55 heavy (non-hydrogen) atoms. The number of aliphatic hydroxyl groups is 1. The molecule has 1 unspecified atom stereocenters. The van der Waals surface area contributed by atoms with E-state index in [1.807, 2.05) is 21.1 Å². The van der Waals surface area contributed by atoms with E-state index in [-0.39, 0.29) is 19.1 Å². The normalized spacial score (nSPS) is 14.2. The molecule has 0 aliphatic carbocycles. The van der Waals surface area contributed by atoms with E-state index < -0.39 is 20.0 Å². The van der Waals surface area contributed by atoms with Crippen LogP contribution in [0.4, 0.5) is 0 Å². The molecule has 0 bridgehead atoms. The number of rotatable bonds is 44. The van der Waals surface area contributed by atoms with E-state index in [1.54, 1.807) is 0 Å². The second-order valence-electron chi connectivity index (χ2n) is 17.9. The highest BCUT2D eigenvalue weighted by Crippen LogP contribution is 2.43. The fourth-order valence-electron chi connectivity index (χ4n) is 7.28. The Kier molecular flexibility index (Phi) is 38.6. The van der Waals surface area contributed by atoms with E-state index in [0.717, 1.165) is 38.5 Å². The maximum Gasteiger partial charge on any atom is 0.472 e. The summed E-state index contributed by atoms with van der Waals surface area (Å²) in [6.45, 7) is 4.92. The number of phosphoric acid groups is 1. The molecule has 0 aromatic heterocycles. The first-order valence-electron chi connectivity index (χ1n) is 23.9. The van der Waals surface area contributed by atoms with Gasteiger partial charge in [0, 0.05) is 6.42 Å². The van der Waals surface area contributed by atoms with E-state index in [0.29, 0.717) is 23.9 Å². The molecule has 0 aliphatic heterocycles. The molecule has 0 saturated carbocycles. The predicted molar refractivity (Wildman–Crippen MR) is 236 cm³/mol. The predicted octanol–water partition coefficient (Wildman–Crippen LogP) is 13.4. The number of hydrogen-bond donors (Lipinski definition) is 3. The first kappa shape index (κ1) is 54.5. The van der Waals surface area contributed by atoms with Gasteiger partial charge in [-0.3, -0.25) is 13.8 Å². The minimum atomic E-state index is -4.31. The van der Waals surface area contributed by atoms with Gasteiger partial charge < -0.3 is 19.8 Å². The largest absolute Gasteiger partial charge is 0.472 e. The van der Waals surface area contributed by atoms with Crippen LogP contribution in [-0.2, 0) is 18.4 Å². The molecule has 0 spiro atoms. The quantitative estimate of drug-likeness (QED) is 0.0322. The number of carbonyl (C=O) groups excluding carboxylic acids is 1. The van der Waals surface area contributed by atoms with Crippen molar-refractivity contribution in [2.24, 2.45) is 0 Å². The Morgan fingerprint density at radius 3 is 1.22 bits per heavy atom. The second kappa shape index (κ2) is 39.0. The highest BCUT2D eigenvalue weighted by molar-refractivity contribution is 7.47. The SMILES string of the molecule is CCCCCCCCCCCCCCCCCCCCC(=O)N[C@@H](COP(=O)(O)OCC[N+](C)(C)C)[C@H](O)CCCCCCCCCCCCCCCCC. The summed E-state index contributed by atoms with van der Waals surface area (Å²) in [6.07, 6.45) is 42.7. The van der Waals surface area contributed by atoms with Crippen LogP contribution in [0.25, 0.3) is 0 Å². The van der Waals surface area contributed by atoms with Crippen LogP contribution in [0.1, 0.15) is 239 Å². The molecule has 0 aromatic rings. The van der Waals surface area contributed by atoms with Gasteiger partial charge in [0.25, 0.3) is 0 Å². The number of nitrogens with zero attached hydrogens (tertiary/aromatic N) is 1. The lowest BCUT2D eigenvalue weighted by Crippen LogP contribution is -2.46. The van der Waals surface area contributed by atoms with E-state index in [2.05, 4.69) is 19.2 Å². The minimum absolute atomic E-state index is 0.0787. The maximum absolute atomic E-state index is 12.9. The van der Waals surface area contributed by atoms with Gasteiger partial charge >= 0.3 is 7.82 Å². The molecule has 0 fully saturated rings. The number of amides is 1. The molecule has 0 rings (SSSR count). The molecule has 0 aliphatic rings. The van der Waals surface area contributed by atoms with Crippen LogP contribution in [0.2, 0.25) is 0 Å². The van der Waals surface area contributed by atoms with Gasteiger partial charge in [0.1, 0.15) is 13.2 Å². The van der Waals surface area contributed by atoms with Crippen molar-refractivity contribution in [3.05, 3.63) is 0 Å². The number of hydrogen-bond acceptors (Lipinski definition) is 5. The van der Waals surface area contributed by atoms with Gasteiger partial charge in [-0.05, 0) is 12.8 Å². The van der Waals surface area contributed by atoms with Gasteiger partial charge in [-0.25, -0.2) is 4.57 Å². The van der Waals surface area contributed by atoms with Crippen LogP contribution >= 0.6 is 7.82 Å². The summed E-state index contributed by atoms with van der Waals surface area (Å²) < 4.78 is 23.7. The molecule has 0 heterocycles. The van der Waals surface area contributed by atoms with Gasteiger partial charge in [-0.1, -0.05) is 219 Å². The molecule has 8 nitrogen and oxygen atoms in total. The average molecular weight is 804 g/mol. The van der Waals surface area contributed by atoms with Crippen molar-refractivity contribution in [3.63, 3.8) is 0 Å². The number of aliphatic hydroxyl groups excluding tert-OH is 1. The lowest BCUT2D eigenvalue weighted by Gasteiger charge is -2.26. The number of nitrogens with one attached hydrogen (secondary N) is 1. The molecule has 0 aromatic carbocycles. The topological polar surface area (TPSA) is 105 Å². The Labute approximate surface area is 342 Å². The molecular formula is C46H96N2O6P+. The fraction of sp³-hybridized carbons (Fsp3) is 0.978. The summed E-state index contributed by atoms with van der Waals surface area (Å²) in [5, 5.41) is 14.0. The number of unbranched alkanes of at least 4 members (excludes halogenated alkanes) is 31. The van der Waals surface area contributed by atoms with E-state index in [4.69, 9.17) is 9.05 Å². The summed E-state index contributed by atoms with van der Waals surface area (Å²) in [5.41, 5.74) is 0. The number of likely N-dealkylation sites (N-methyl/N-ethyl adjacent to an activating group) is 1. The molecule has 0 saturated heterocycles. The van der Waals surface area contributed by atoms with Crippen molar-refractivity contribution in [3.8, 4) is 0 Å². The minimum Gasteiger partial charge on any atom is -0.391 e. The summed E-state index contributed by atoms with van der Waals surface area (Å²) in [5.74, 6) is -0.139. The zero-order valence-corrected chi connectivity index (χ0v) is 38.3. The number of carbonyl (C=O) groups is 1. The van der Waals surface area contributed by atoms with Crippen molar-refractivity contribution in [1.82, 2.24) is 5.32 Å². The van der Waals surface area contributed by atoms with Crippen molar-refractivity contribution in [2.45, 2.75) is 251 Å². The highest BCUT2D eigenvalue weighted by atomic mass is 31.2. The van der Waals surface area contributed by atoms with Gasteiger partial charge in [0.05, 0.1) is 39.9 Å². The van der Waals surface area contributed by atoms with Crippen LogP contribution in [0.3, 0.4) is 0 Å². The second-order valence-corrected chi connectivity index (χ2v) is 19.3. The van der Waals surface area contributed by atoms with Crippen molar-refractivity contribution >= 4 is 13.7 Å². The van der Waals surface area contributed by atoms with E-state index in [9.17, 15) is 19.4 Å². The Morgan fingerprint density at radius 2 is 0.873 bits per heavy atom. The van der Waals surface area contributed by atoms with Crippen molar-refractivity contribution in [2.75, 3.05) is 40.9 Å². The molecular weight excluding hydrogens is 707 g/mol. The monoisotopic (exact) mass is 804 g/mol. The first-order chi connectivity index (χ1) is 26.5. The van der Waals surface area contributed by atoms with Crippen LogP contribution in [0.15, 0.2) is 0 Å². The standard InChI is InChI=1S/C46H95N2O6P/c1-6-8-10-12-14-16-18-20-22-23-24-26-28-30-32-34-36-38-40-46(50)47-44(43-54-55(51,52)53-42-41-48(3,4)5)45(49)39-37-35-33-31-29-27-25-21-19-17-15-13-11-9-7-2/h44-45,49H,6-43H2,1-5H3,(H-,47,50,51,52)/p+1/t44-,45+/m0/s1. The van der Waals surface area contributed by atoms with Gasteiger partial charge in [0.2, 0.25) is 5.91 Å². The van der Waals surface area contributed by atoms with Gasteiger partial charge in [-0.15, -0.1) is 0 Å². The molecule has 0 radical (unpaired) electrons. The molecule has 330 valence electrons. The summed E-state index contributed by atoms with van der Waals surface area (Å²) in [7, 11) is 1.63. The Bertz CT molecular complexity index is 870. The lowest BCUT2D eigenvalue weighted by molar-refractivity contribution is -0.870. The summed E-state index contributed by atoms with van der Waals surface area (Å²) >= 11 is 0. The average Bonchev–Trinajstić information content (AvgIpc) is 3.13. The van der Waals surface area contributed by atoms with Crippen molar-refractivity contribution < 1.29 is 32.9 Å². The Morgan fingerprint density at radius 1 is 0.545 bits per heavy atom. The summed E-state index contributed by atoms with van der Waals surface area (Å²) in [4.78, 5) is 23.2. The first-order valence-corrected chi connectivity index (χ1v) is 25.4. The van der Waals surface area contributed by atoms with Gasteiger partial charge in [-0.2, -0.15) is 0 Å². The Hall–Kier alpha value is -0.500. The van der Waals surface area contributed by atoms with Crippen LogP contribution in [0, 0.1) is 0 Å². The molecule has 1 amide bonds. The third kappa shape index (κ3) is 41.5. The fourth-order valence-corrected chi connectivity index (χ4v) is 8.02. The van der Waals surface area contributed by atoms with E-state index in [1.165, 1.54) is 173 Å². The summed E-state index contributed by atoms with van der Waals surface area (Å²) in [6, 6.07) is -0.753. The van der Waals surface area contributed by atoms with Crippen LogP contribution in [-0.4, -0.2) is 73.4 Å². The molecule has 9 heteroatoms. The lowest BCUT2D eigenvalue weighted by atomic mass is 10.0. The zero-order valence-electron chi connectivity index (χ0n) is 37.4. The highest BCUT2D eigenvalue weighted by Gasteiger charge is 2.28. The van der Waals surface area contributed by atoms with Crippen LogP contribution in [0.5, 0.6) is 0 Å². The van der Waals surface area contributed by atoms with Crippen LogP contribution < -0.4 is 5.32 Å². The van der Waals surface area contributed by atoms with E-state index >= 15 is 0 Å². The number of quaternary nitrogens is 1. The third-order valence-electron chi connectivity index (χ3n) is 11.1.